The number of piperidine rings is 1. The van der Waals surface area contributed by atoms with Crippen molar-refractivity contribution in [3.05, 3.63) is 35.1 Å². The van der Waals surface area contributed by atoms with Crippen LogP contribution in [0.2, 0.25) is 0 Å². The lowest BCUT2D eigenvalue weighted by Crippen LogP contribution is -2.74. The zero-order chi connectivity index (χ0) is 29.9. The maximum absolute atomic E-state index is 12.9. The van der Waals surface area contributed by atoms with Gasteiger partial charge in [0.25, 0.3) is 0 Å². The van der Waals surface area contributed by atoms with Gasteiger partial charge < -0.3 is 43.9 Å². The molecule has 2 heterocycles. The van der Waals surface area contributed by atoms with Gasteiger partial charge in [0.15, 0.2) is 35.9 Å². The summed E-state index contributed by atoms with van der Waals surface area (Å²) < 4.78 is 27.1. The number of benzene rings is 1. The summed E-state index contributed by atoms with van der Waals surface area (Å²) in [5.41, 5.74) is -0.207. The minimum Gasteiger partial charge on any atom is -0.493 e. The number of carbonyl (C=O) groups is 4. The average molecular weight is 576 g/mol. The highest BCUT2D eigenvalue weighted by Crippen LogP contribution is 2.65. The molecule has 41 heavy (non-hydrogen) atoms. The van der Waals surface area contributed by atoms with Crippen molar-refractivity contribution in [2.75, 3.05) is 20.7 Å². The zero-order valence-electron chi connectivity index (χ0n) is 23.1. The summed E-state index contributed by atoms with van der Waals surface area (Å²) in [5, 5.41) is 31.3. The highest BCUT2D eigenvalue weighted by atomic mass is 16.6. The third kappa shape index (κ3) is 4.43. The molecule has 1 fully saturated rings. The van der Waals surface area contributed by atoms with Gasteiger partial charge in [-0.3, -0.25) is 4.79 Å². The molecule has 2 bridgehead atoms. The summed E-state index contributed by atoms with van der Waals surface area (Å²) in [7, 11) is 3.50. The molecule has 7 atom stereocenters. The number of aliphatic hydroxyl groups excluding tert-OH is 1. The number of likely N-dealkylation sites (tertiary alicyclic amines) is 1. The van der Waals surface area contributed by atoms with Gasteiger partial charge in [-0.2, -0.15) is 0 Å². The van der Waals surface area contributed by atoms with Crippen LogP contribution in [-0.2, 0) is 45.2 Å². The molecule has 1 aromatic carbocycles. The van der Waals surface area contributed by atoms with E-state index in [0.717, 1.165) is 25.0 Å². The van der Waals surface area contributed by atoms with E-state index in [1.165, 1.54) is 7.11 Å². The molecular weight excluding hydrogens is 542 g/mol. The molecule has 4 aliphatic rings. The van der Waals surface area contributed by atoms with Gasteiger partial charge in [0, 0.05) is 18.0 Å². The number of carboxylic acids is 1. The first kappa shape index (κ1) is 28.8. The Hall–Kier alpha value is -3.68. The normalized spacial score (nSPS) is 29.6. The van der Waals surface area contributed by atoms with Crippen LogP contribution in [-0.4, -0.2) is 101 Å². The molecule has 0 saturated carbocycles. The zero-order valence-corrected chi connectivity index (χ0v) is 23.1. The fourth-order valence-corrected chi connectivity index (χ4v) is 6.62. The molecule has 222 valence electrons. The Balaban J connectivity index is 1.31. The Kier molecular flexibility index (Phi) is 7.24. The number of hydrogen-bond acceptors (Lipinski definition) is 12. The van der Waals surface area contributed by atoms with E-state index in [0.29, 0.717) is 30.9 Å². The van der Waals surface area contributed by atoms with Crippen LogP contribution in [0.4, 0.5) is 0 Å². The first-order valence-corrected chi connectivity index (χ1v) is 13.4. The fraction of sp³-hybridized carbons (Fsp3) is 0.571. The third-order valence-electron chi connectivity index (χ3n) is 8.69. The highest BCUT2D eigenvalue weighted by molar-refractivity contribution is 5.85. The molecule has 3 unspecified atom stereocenters. The van der Waals surface area contributed by atoms with Gasteiger partial charge in [-0.05, 0) is 58.0 Å². The first-order chi connectivity index (χ1) is 19.3. The lowest BCUT2D eigenvalue weighted by atomic mass is 9.50. The van der Waals surface area contributed by atoms with Crippen LogP contribution < -0.4 is 9.47 Å². The maximum atomic E-state index is 12.9. The van der Waals surface area contributed by atoms with E-state index in [9.17, 15) is 29.4 Å². The van der Waals surface area contributed by atoms with Gasteiger partial charge in [-0.25, -0.2) is 14.4 Å². The van der Waals surface area contributed by atoms with Gasteiger partial charge in [-0.15, -0.1) is 0 Å². The lowest BCUT2D eigenvalue weighted by Gasteiger charge is -2.61. The number of rotatable bonds is 9. The van der Waals surface area contributed by atoms with Crippen LogP contribution in [0.3, 0.4) is 0 Å². The molecule has 2 aliphatic carbocycles. The molecule has 13 heteroatoms. The second kappa shape index (κ2) is 10.3. The van der Waals surface area contributed by atoms with E-state index < -0.39 is 65.7 Å². The summed E-state index contributed by atoms with van der Waals surface area (Å²) in [5.74, 6) is -3.59. The molecule has 0 aromatic heterocycles. The predicted molar refractivity (Wildman–Crippen MR) is 137 cm³/mol. The predicted octanol–water partition coefficient (Wildman–Crippen LogP) is 0.215. The van der Waals surface area contributed by atoms with E-state index in [4.69, 9.17) is 24.1 Å². The minimum absolute atomic E-state index is 0.161. The quantitative estimate of drug-likeness (QED) is 0.269. The fourth-order valence-electron chi connectivity index (χ4n) is 6.62. The van der Waals surface area contributed by atoms with Crippen molar-refractivity contribution in [1.82, 2.24) is 4.90 Å². The molecule has 5 rings (SSSR count). The number of likely N-dealkylation sites (N-methyl/N-ethyl adjacent to an activating group) is 1. The largest absolute Gasteiger partial charge is 0.493 e. The Morgan fingerprint density at radius 3 is 2.54 bits per heavy atom. The summed E-state index contributed by atoms with van der Waals surface area (Å²) >= 11 is 0. The molecular formula is C28H33NO12. The molecule has 0 amide bonds. The number of carbonyl (C=O) groups excluding carboxylic acids is 3. The molecule has 1 aromatic rings. The van der Waals surface area contributed by atoms with E-state index in [2.05, 4.69) is 9.64 Å². The molecule has 1 saturated heterocycles. The van der Waals surface area contributed by atoms with E-state index in [1.54, 1.807) is 6.08 Å². The van der Waals surface area contributed by atoms with Crippen molar-refractivity contribution in [1.29, 1.82) is 0 Å². The Morgan fingerprint density at radius 2 is 1.85 bits per heavy atom. The monoisotopic (exact) mass is 575 g/mol. The maximum Gasteiger partial charge on any atom is 0.347 e. The van der Waals surface area contributed by atoms with Gasteiger partial charge in [-0.1, -0.05) is 6.07 Å². The smallest absolute Gasteiger partial charge is 0.347 e. The van der Waals surface area contributed by atoms with Crippen LogP contribution in [0.15, 0.2) is 24.0 Å². The molecule has 0 radical (unpaired) electrons. The number of aliphatic carboxylic acids is 1. The summed E-state index contributed by atoms with van der Waals surface area (Å²) in [6, 6.07) is 3.60. The van der Waals surface area contributed by atoms with E-state index in [1.807, 2.05) is 19.2 Å². The van der Waals surface area contributed by atoms with E-state index >= 15 is 0 Å². The summed E-state index contributed by atoms with van der Waals surface area (Å²) in [6.45, 7) is 2.95. The number of aliphatic hydroxyl groups is 2. The average Bonchev–Trinajstić information content (AvgIpc) is 3.27. The minimum atomic E-state index is -1.97. The third-order valence-corrected chi connectivity index (χ3v) is 8.69. The van der Waals surface area contributed by atoms with Crippen molar-refractivity contribution >= 4 is 23.9 Å². The topological polar surface area (TPSA) is 178 Å². The van der Waals surface area contributed by atoms with Crippen molar-refractivity contribution in [2.24, 2.45) is 0 Å². The SMILES string of the molecule is COc1ccc2c3c1O[C@H]1C(OC(=O)CC(O)C(=O)OC(C)C(=O)OC(C)C(=O)O)=CC[C@@]4(O)[C@@H](C2)N(C)CC[C@]314. The Labute approximate surface area is 235 Å². The highest BCUT2D eigenvalue weighted by Gasteiger charge is 2.72. The number of carboxylic acid groups (broad SMARTS) is 1. The number of esters is 3. The molecule has 2 aliphatic heterocycles. The van der Waals surface area contributed by atoms with Crippen LogP contribution in [0.5, 0.6) is 11.5 Å². The van der Waals surface area contributed by atoms with Gasteiger partial charge >= 0.3 is 23.9 Å². The van der Waals surface area contributed by atoms with Crippen molar-refractivity contribution in [3.8, 4) is 11.5 Å². The number of hydrogen-bond donors (Lipinski definition) is 3. The van der Waals surface area contributed by atoms with Crippen molar-refractivity contribution < 1.29 is 58.2 Å². The van der Waals surface area contributed by atoms with E-state index in [-0.39, 0.29) is 18.2 Å². The summed E-state index contributed by atoms with van der Waals surface area (Å²) in [6.07, 6.45) is -3.63. The molecule has 1 spiro atoms. The standard InChI is InChI=1S/C28H33NO12/c1-13(24(32)33)38-25(34)14(2)39-26(35)16(30)12-20(31)40-18-7-8-28(36)19-11-15-5-6-17(37-4)22-21(15)27(28,23(18)41-22)9-10-29(19)3/h5-7,13-14,16,19,23,30,36H,8-12H2,1-4H3,(H,32,33)/t13?,14?,16?,19-,23+,27+,28-/m1/s1. The van der Waals surface area contributed by atoms with Crippen LogP contribution >= 0.6 is 0 Å². The van der Waals surface area contributed by atoms with Crippen LogP contribution in [0.1, 0.15) is 44.2 Å². The van der Waals surface area contributed by atoms with Gasteiger partial charge in [0.2, 0.25) is 0 Å². The number of ether oxygens (including phenoxy) is 5. The molecule has 3 N–H and O–H groups in total. The van der Waals surface area contributed by atoms with Crippen LogP contribution in [0.25, 0.3) is 0 Å². The summed E-state index contributed by atoms with van der Waals surface area (Å²) in [4.78, 5) is 50.1. The Bertz CT molecular complexity index is 1330. The van der Waals surface area contributed by atoms with Crippen molar-refractivity contribution in [2.45, 2.75) is 81.0 Å². The lowest BCUT2D eigenvalue weighted by molar-refractivity contribution is -0.179. The van der Waals surface area contributed by atoms with Gasteiger partial charge in [0.05, 0.1) is 24.5 Å². The van der Waals surface area contributed by atoms with Crippen molar-refractivity contribution in [3.63, 3.8) is 0 Å². The molecule has 13 nitrogen and oxygen atoms in total. The van der Waals surface area contributed by atoms with Crippen LogP contribution in [0, 0.1) is 0 Å². The number of nitrogens with zero attached hydrogens (tertiary/aromatic N) is 1. The van der Waals surface area contributed by atoms with Gasteiger partial charge in [0.1, 0.15) is 5.76 Å². The second-order valence-corrected chi connectivity index (χ2v) is 11.0. The number of methoxy groups -OCH3 is 1. The first-order valence-electron chi connectivity index (χ1n) is 13.4. The Morgan fingerprint density at radius 1 is 1.15 bits per heavy atom. The second-order valence-electron chi connectivity index (χ2n) is 11.0.